The molecule has 6 heteroatoms. The van der Waals surface area contributed by atoms with E-state index in [0.717, 1.165) is 31.5 Å². The van der Waals surface area contributed by atoms with Crippen molar-refractivity contribution in [2.24, 2.45) is 0 Å². The summed E-state index contributed by atoms with van der Waals surface area (Å²) in [6.45, 7) is 9.28. The van der Waals surface area contributed by atoms with Crippen molar-refractivity contribution < 1.29 is 19.2 Å². The summed E-state index contributed by atoms with van der Waals surface area (Å²) in [6.07, 6.45) is 2.30. The monoisotopic (exact) mass is 323 g/mol. The predicted molar refractivity (Wildman–Crippen MR) is 90.0 cm³/mol. The molecule has 0 amide bonds. The summed E-state index contributed by atoms with van der Waals surface area (Å²) in [6, 6.07) is 4.34. The number of likely N-dealkylation sites (tertiary alicyclic amines) is 1. The van der Waals surface area contributed by atoms with Crippen molar-refractivity contribution in [3.05, 3.63) is 29.6 Å². The molecule has 1 saturated heterocycles. The van der Waals surface area contributed by atoms with E-state index in [-0.39, 0.29) is 5.82 Å². The third kappa shape index (κ3) is 4.54. The zero-order valence-corrected chi connectivity index (χ0v) is 14.5. The molecule has 0 unspecified atom stereocenters. The Labute approximate surface area is 138 Å². The van der Waals surface area contributed by atoms with E-state index in [4.69, 9.17) is 4.65 Å². The maximum atomic E-state index is 13.6. The van der Waals surface area contributed by atoms with Crippen LogP contribution >= 0.6 is 0 Å². The highest BCUT2D eigenvalue weighted by Gasteiger charge is 2.40. The highest BCUT2D eigenvalue weighted by Crippen LogP contribution is 2.25. The van der Waals surface area contributed by atoms with Crippen LogP contribution in [0.4, 0.5) is 4.39 Å². The first kappa shape index (κ1) is 18.4. The Bertz CT molecular complexity index is 539. The lowest BCUT2D eigenvalue weighted by atomic mass is 9.74. The molecule has 0 radical (unpaired) electrons. The van der Waals surface area contributed by atoms with Crippen LogP contribution in [0, 0.1) is 5.82 Å². The molecule has 0 bridgehead atoms. The number of aliphatic hydroxyl groups is 1. The van der Waals surface area contributed by atoms with Gasteiger partial charge in [-0.05, 0) is 76.8 Å². The van der Waals surface area contributed by atoms with Gasteiger partial charge in [0.05, 0.1) is 11.2 Å². The number of benzene rings is 1. The van der Waals surface area contributed by atoms with Gasteiger partial charge in [0.15, 0.2) is 0 Å². The summed E-state index contributed by atoms with van der Waals surface area (Å²) in [7, 11) is -1.21. The summed E-state index contributed by atoms with van der Waals surface area (Å²) in [5.41, 5.74) is -0.795. The van der Waals surface area contributed by atoms with Crippen LogP contribution < -0.4 is 5.46 Å². The minimum atomic E-state index is -1.21. The second kappa shape index (κ2) is 6.89. The average molecular weight is 323 g/mol. The zero-order chi connectivity index (χ0) is 17.3. The van der Waals surface area contributed by atoms with Crippen molar-refractivity contribution in [3.63, 3.8) is 0 Å². The molecule has 1 fully saturated rings. The van der Waals surface area contributed by atoms with Gasteiger partial charge in [0.2, 0.25) is 0 Å². The summed E-state index contributed by atoms with van der Waals surface area (Å²) in [4.78, 5) is 2.24. The molecule has 0 atom stereocenters. The molecule has 0 saturated carbocycles. The lowest BCUT2D eigenvalue weighted by Crippen LogP contribution is -2.53. The smallest absolute Gasteiger partial charge is 0.423 e. The van der Waals surface area contributed by atoms with Gasteiger partial charge in [0, 0.05) is 6.54 Å². The van der Waals surface area contributed by atoms with E-state index < -0.39 is 18.3 Å². The quantitative estimate of drug-likeness (QED) is 0.782. The maximum absolute atomic E-state index is 13.6. The normalized spacial score (nSPS) is 16.8. The van der Waals surface area contributed by atoms with Crippen LogP contribution in [0.15, 0.2) is 18.2 Å². The van der Waals surface area contributed by atoms with E-state index in [0.29, 0.717) is 12.0 Å². The van der Waals surface area contributed by atoms with Crippen molar-refractivity contribution in [1.82, 2.24) is 4.90 Å². The molecule has 0 aliphatic carbocycles. The fourth-order valence-electron chi connectivity index (χ4n) is 2.62. The molecule has 0 aromatic heterocycles. The van der Waals surface area contributed by atoms with Gasteiger partial charge in [-0.25, -0.2) is 4.39 Å². The van der Waals surface area contributed by atoms with Gasteiger partial charge < -0.3 is 14.8 Å². The fourth-order valence-corrected chi connectivity index (χ4v) is 2.62. The van der Waals surface area contributed by atoms with Crippen LogP contribution in [0.3, 0.4) is 0 Å². The predicted octanol–water partition coefficient (Wildman–Crippen LogP) is 1.68. The van der Waals surface area contributed by atoms with Crippen molar-refractivity contribution >= 4 is 12.6 Å². The van der Waals surface area contributed by atoms with E-state index in [1.165, 1.54) is 12.1 Å². The highest BCUT2D eigenvalue weighted by atomic mass is 19.1. The average Bonchev–Trinajstić information content (AvgIpc) is 2.89. The minimum Gasteiger partial charge on any atom is -0.423 e. The summed E-state index contributed by atoms with van der Waals surface area (Å²) in [5.74, 6) is -0.322. The van der Waals surface area contributed by atoms with E-state index in [2.05, 4.69) is 4.90 Å². The van der Waals surface area contributed by atoms with Crippen LogP contribution in [0.5, 0.6) is 0 Å². The first-order valence-corrected chi connectivity index (χ1v) is 8.19. The largest absolute Gasteiger partial charge is 0.491 e. The van der Waals surface area contributed by atoms with Crippen molar-refractivity contribution in [3.8, 4) is 0 Å². The van der Waals surface area contributed by atoms with Gasteiger partial charge in [-0.15, -0.1) is 0 Å². The molecule has 1 aromatic rings. The topological polar surface area (TPSA) is 52.9 Å². The molecule has 23 heavy (non-hydrogen) atoms. The van der Waals surface area contributed by atoms with Gasteiger partial charge >= 0.3 is 7.12 Å². The van der Waals surface area contributed by atoms with Crippen LogP contribution in [-0.2, 0) is 11.2 Å². The third-order valence-electron chi connectivity index (χ3n) is 4.84. The Kier molecular flexibility index (Phi) is 5.51. The summed E-state index contributed by atoms with van der Waals surface area (Å²) >= 11 is 0. The zero-order valence-electron chi connectivity index (χ0n) is 14.5. The van der Waals surface area contributed by atoms with Gasteiger partial charge in [0.25, 0.3) is 0 Å². The van der Waals surface area contributed by atoms with Gasteiger partial charge in [-0.2, -0.15) is 0 Å². The van der Waals surface area contributed by atoms with Gasteiger partial charge in [-0.1, -0.05) is 6.07 Å². The molecule has 128 valence electrons. The molecular weight excluding hydrogens is 296 g/mol. The number of rotatable bonds is 6. The Morgan fingerprint density at radius 3 is 2.39 bits per heavy atom. The van der Waals surface area contributed by atoms with E-state index in [1.807, 2.05) is 0 Å². The van der Waals surface area contributed by atoms with E-state index in [1.54, 1.807) is 33.8 Å². The number of nitrogens with zero attached hydrogens (tertiary/aromatic N) is 1. The Balaban J connectivity index is 2.20. The lowest BCUT2D eigenvalue weighted by Gasteiger charge is -2.38. The molecule has 1 aliphatic heterocycles. The maximum Gasteiger partial charge on any atom is 0.491 e. The van der Waals surface area contributed by atoms with Crippen molar-refractivity contribution in [2.45, 2.75) is 58.3 Å². The molecule has 1 aliphatic rings. The van der Waals surface area contributed by atoms with E-state index in [9.17, 15) is 14.5 Å². The molecule has 1 aromatic carbocycles. The second-order valence-corrected chi connectivity index (χ2v) is 7.37. The summed E-state index contributed by atoms with van der Waals surface area (Å²) in [5, 5.41) is 20.7. The first-order chi connectivity index (χ1) is 10.6. The molecule has 4 nitrogen and oxygen atoms in total. The van der Waals surface area contributed by atoms with Crippen LogP contribution in [0.25, 0.3) is 0 Å². The summed E-state index contributed by atoms with van der Waals surface area (Å²) < 4.78 is 19.3. The highest BCUT2D eigenvalue weighted by molar-refractivity contribution is 6.60. The van der Waals surface area contributed by atoms with Crippen LogP contribution in [0.1, 0.15) is 46.1 Å². The van der Waals surface area contributed by atoms with E-state index >= 15 is 0 Å². The Morgan fingerprint density at radius 2 is 1.83 bits per heavy atom. The van der Waals surface area contributed by atoms with Gasteiger partial charge in [0.1, 0.15) is 5.82 Å². The fraction of sp³-hybridized carbons (Fsp3) is 0.647. The van der Waals surface area contributed by atoms with Crippen LogP contribution in [0.2, 0.25) is 0 Å². The molecule has 2 rings (SSSR count). The second-order valence-electron chi connectivity index (χ2n) is 7.37. The molecule has 1 heterocycles. The molecule has 0 spiro atoms. The Hall–Kier alpha value is -0.945. The van der Waals surface area contributed by atoms with Crippen molar-refractivity contribution in [2.75, 3.05) is 13.1 Å². The standard InChI is InChI=1S/C17H27BFNO3/c1-16(2,21)17(3,4)23-18(22)15-8-7-14(19)11-13(15)12-20-9-5-6-10-20/h7-8,11,21-22H,5-6,9-10,12H2,1-4H3. The third-order valence-corrected chi connectivity index (χ3v) is 4.84. The number of halogens is 1. The SMILES string of the molecule is CC(C)(O)C(C)(C)OB(O)c1ccc(F)cc1CN1CCCC1. The molecule has 2 N–H and O–H groups in total. The van der Waals surface area contributed by atoms with Gasteiger partial charge in [-0.3, -0.25) is 4.90 Å². The number of hydrogen-bond acceptors (Lipinski definition) is 4. The molecular formula is C17H27BFNO3. The minimum absolute atomic E-state index is 0.322. The Morgan fingerprint density at radius 1 is 1.22 bits per heavy atom. The lowest BCUT2D eigenvalue weighted by molar-refractivity contribution is -0.0982. The van der Waals surface area contributed by atoms with Crippen molar-refractivity contribution in [1.29, 1.82) is 0 Å². The number of hydrogen-bond donors (Lipinski definition) is 2. The van der Waals surface area contributed by atoms with Crippen LogP contribution in [-0.4, -0.2) is 46.4 Å². The first-order valence-electron chi connectivity index (χ1n) is 8.19.